The van der Waals surface area contributed by atoms with E-state index in [1.165, 1.54) is 11.3 Å². The summed E-state index contributed by atoms with van der Waals surface area (Å²) in [6.07, 6.45) is 0. The number of carbonyl (C=O) groups is 2. The topological polar surface area (TPSA) is 59.5 Å². The van der Waals surface area contributed by atoms with Crippen LogP contribution in [0.3, 0.4) is 0 Å². The number of carbonyl (C=O) groups excluding carboxylic acids is 2. The van der Waals surface area contributed by atoms with Gasteiger partial charge in [-0.3, -0.25) is 4.79 Å². The summed E-state index contributed by atoms with van der Waals surface area (Å²) < 4.78 is 5.70. The zero-order chi connectivity index (χ0) is 17.7. The van der Waals surface area contributed by atoms with Crippen LogP contribution in [0.1, 0.15) is 46.6 Å². The highest BCUT2D eigenvalue weighted by Crippen LogP contribution is 2.21. The van der Waals surface area contributed by atoms with Crippen molar-refractivity contribution >= 4 is 39.1 Å². The van der Waals surface area contributed by atoms with Gasteiger partial charge >= 0.3 is 5.97 Å². The van der Waals surface area contributed by atoms with Crippen LogP contribution in [0.25, 0.3) is 0 Å². The Balaban J connectivity index is 2.19. The number of esters is 1. The summed E-state index contributed by atoms with van der Waals surface area (Å²) in [7, 11) is 0. The lowest BCUT2D eigenvalue weighted by molar-refractivity contribution is 0.0520. The Morgan fingerprint density at radius 3 is 2.67 bits per heavy atom. The van der Waals surface area contributed by atoms with Crippen molar-refractivity contribution in [3.8, 4) is 0 Å². The number of halogens is 1. The molecule has 7 heteroatoms. The molecule has 0 atom stereocenters. The highest BCUT2D eigenvalue weighted by Gasteiger charge is 2.22. The first-order valence-electron chi connectivity index (χ1n) is 7.61. The largest absolute Gasteiger partial charge is 0.461 e. The second kappa shape index (κ2) is 8.39. The third-order valence-electron chi connectivity index (χ3n) is 3.33. The van der Waals surface area contributed by atoms with E-state index in [9.17, 15) is 9.59 Å². The van der Waals surface area contributed by atoms with Crippen molar-refractivity contribution in [3.63, 3.8) is 0 Å². The van der Waals surface area contributed by atoms with Crippen LogP contribution in [0.5, 0.6) is 0 Å². The highest BCUT2D eigenvalue weighted by molar-refractivity contribution is 9.10. The second-order valence-electron chi connectivity index (χ2n) is 5.35. The zero-order valence-electron chi connectivity index (χ0n) is 13.8. The summed E-state index contributed by atoms with van der Waals surface area (Å²) >= 11 is 4.77. The number of hydrogen-bond acceptors (Lipinski definition) is 5. The minimum Gasteiger partial charge on any atom is -0.461 e. The molecule has 1 aromatic heterocycles. The molecule has 0 saturated carbocycles. The van der Waals surface area contributed by atoms with Crippen molar-refractivity contribution in [2.75, 3.05) is 6.61 Å². The summed E-state index contributed by atoms with van der Waals surface area (Å²) in [6, 6.07) is 7.33. The monoisotopic (exact) mass is 410 g/mol. The van der Waals surface area contributed by atoms with Gasteiger partial charge in [0.15, 0.2) is 5.69 Å². The van der Waals surface area contributed by atoms with E-state index in [2.05, 4.69) is 20.9 Å². The average Bonchev–Trinajstić information content (AvgIpc) is 3.01. The van der Waals surface area contributed by atoms with Crippen molar-refractivity contribution < 1.29 is 14.3 Å². The maximum Gasteiger partial charge on any atom is 0.357 e. The number of nitrogens with zero attached hydrogens (tertiary/aromatic N) is 2. The third-order valence-corrected chi connectivity index (χ3v) is 4.86. The van der Waals surface area contributed by atoms with Crippen molar-refractivity contribution in [2.24, 2.45) is 0 Å². The molecular weight excluding hydrogens is 392 g/mol. The van der Waals surface area contributed by atoms with E-state index in [1.54, 1.807) is 23.3 Å². The van der Waals surface area contributed by atoms with Crippen molar-refractivity contribution in [1.29, 1.82) is 0 Å². The van der Waals surface area contributed by atoms with E-state index in [0.29, 0.717) is 23.7 Å². The van der Waals surface area contributed by atoms with Crippen LogP contribution in [0.15, 0.2) is 34.1 Å². The van der Waals surface area contributed by atoms with Gasteiger partial charge in [0.05, 0.1) is 18.7 Å². The maximum atomic E-state index is 12.8. The number of aromatic nitrogens is 1. The quantitative estimate of drug-likeness (QED) is 0.671. The maximum absolute atomic E-state index is 12.8. The number of ether oxygens (including phenoxy) is 1. The van der Waals surface area contributed by atoms with Crippen LogP contribution < -0.4 is 0 Å². The molecule has 0 saturated heterocycles. The molecule has 24 heavy (non-hydrogen) atoms. The molecule has 1 aromatic carbocycles. The number of rotatable bonds is 6. The Hall–Kier alpha value is -1.73. The van der Waals surface area contributed by atoms with E-state index < -0.39 is 5.97 Å². The van der Waals surface area contributed by atoms with Gasteiger partial charge in [0.25, 0.3) is 5.91 Å². The fraction of sp³-hybridized carbons (Fsp3) is 0.353. The van der Waals surface area contributed by atoms with Gasteiger partial charge in [-0.1, -0.05) is 12.1 Å². The van der Waals surface area contributed by atoms with Crippen LogP contribution >= 0.6 is 27.3 Å². The van der Waals surface area contributed by atoms with E-state index in [4.69, 9.17) is 4.74 Å². The third kappa shape index (κ3) is 4.42. The molecule has 0 fully saturated rings. The van der Waals surface area contributed by atoms with E-state index in [0.717, 1.165) is 4.47 Å². The predicted molar refractivity (Wildman–Crippen MR) is 97.2 cm³/mol. The van der Waals surface area contributed by atoms with Crippen LogP contribution in [-0.2, 0) is 11.3 Å². The summed E-state index contributed by atoms with van der Waals surface area (Å²) in [5.41, 5.74) is 0.891. The fourth-order valence-electron chi connectivity index (χ4n) is 2.11. The summed E-state index contributed by atoms with van der Waals surface area (Å²) in [5, 5.41) is 2.36. The molecule has 128 valence electrons. The van der Waals surface area contributed by atoms with Crippen LogP contribution in [0.4, 0.5) is 0 Å². The molecule has 0 aliphatic heterocycles. The van der Waals surface area contributed by atoms with Crippen molar-refractivity contribution in [2.45, 2.75) is 33.4 Å². The normalized spacial score (nSPS) is 10.7. The van der Waals surface area contributed by atoms with Gasteiger partial charge in [-0.15, -0.1) is 11.3 Å². The van der Waals surface area contributed by atoms with Crippen molar-refractivity contribution in [1.82, 2.24) is 9.88 Å². The van der Waals surface area contributed by atoms with Gasteiger partial charge in [-0.05, 0) is 48.8 Å². The predicted octanol–water partition coefficient (Wildman–Crippen LogP) is 4.13. The van der Waals surface area contributed by atoms with Gasteiger partial charge < -0.3 is 9.64 Å². The molecule has 0 radical (unpaired) electrons. The van der Waals surface area contributed by atoms with E-state index >= 15 is 0 Å². The van der Waals surface area contributed by atoms with Gasteiger partial charge in [0, 0.05) is 15.9 Å². The average molecular weight is 411 g/mol. The molecule has 5 nitrogen and oxygen atoms in total. The number of amides is 1. The lowest BCUT2D eigenvalue weighted by atomic mass is 10.1. The molecule has 0 unspecified atom stereocenters. The molecule has 0 spiro atoms. The van der Waals surface area contributed by atoms with Gasteiger partial charge in [0.1, 0.15) is 5.01 Å². The van der Waals surface area contributed by atoms with Gasteiger partial charge in [-0.25, -0.2) is 9.78 Å². The van der Waals surface area contributed by atoms with Gasteiger partial charge in [-0.2, -0.15) is 0 Å². The zero-order valence-corrected chi connectivity index (χ0v) is 16.2. The molecule has 1 amide bonds. The second-order valence-corrected chi connectivity index (χ2v) is 7.15. The smallest absolute Gasteiger partial charge is 0.357 e. The lowest BCUT2D eigenvalue weighted by Crippen LogP contribution is -2.36. The summed E-state index contributed by atoms with van der Waals surface area (Å²) in [5.74, 6) is -0.515. The van der Waals surface area contributed by atoms with Crippen LogP contribution in [0, 0.1) is 0 Å². The molecule has 2 rings (SSSR count). The van der Waals surface area contributed by atoms with E-state index in [1.807, 2.05) is 32.0 Å². The Morgan fingerprint density at radius 2 is 2.04 bits per heavy atom. The minimum absolute atomic E-state index is 0.000417. The van der Waals surface area contributed by atoms with Crippen LogP contribution in [0.2, 0.25) is 0 Å². The van der Waals surface area contributed by atoms with Gasteiger partial charge in [0.2, 0.25) is 0 Å². The fourth-order valence-corrected chi connectivity index (χ4v) is 3.32. The Bertz CT molecular complexity index is 730. The first-order chi connectivity index (χ1) is 11.4. The Kier molecular flexibility index (Phi) is 6.51. The first kappa shape index (κ1) is 18.6. The molecule has 2 aromatic rings. The molecule has 0 aliphatic carbocycles. The Morgan fingerprint density at radius 1 is 1.33 bits per heavy atom. The lowest BCUT2D eigenvalue weighted by Gasteiger charge is -2.26. The summed E-state index contributed by atoms with van der Waals surface area (Å²) in [6.45, 7) is 6.32. The van der Waals surface area contributed by atoms with Crippen molar-refractivity contribution in [3.05, 3.63) is 50.4 Å². The van der Waals surface area contributed by atoms with Crippen LogP contribution in [-0.4, -0.2) is 34.4 Å². The molecule has 0 N–H and O–H groups in total. The Labute approximate surface area is 153 Å². The number of benzene rings is 1. The van der Waals surface area contributed by atoms with E-state index in [-0.39, 0.29) is 17.6 Å². The highest BCUT2D eigenvalue weighted by atomic mass is 79.9. The molecule has 1 heterocycles. The standard InChI is InChI=1S/C17H19BrN2O3S/c1-4-23-17(22)14-10-24-15(19-14)9-20(11(2)3)16(21)12-7-5-6-8-13(12)18/h5-8,10-11H,4,9H2,1-3H3. The molecule has 0 bridgehead atoms. The minimum atomic E-state index is -0.437. The number of thiazole rings is 1. The SMILES string of the molecule is CCOC(=O)c1csc(CN(C(=O)c2ccccc2Br)C(C)C)n1. The molecule has 0 aliphatic rings. The first-order valence-corrected chi connectivity index (χ1v) is 9.28. The molecular formula is C17H19BrN2O3S. The summed E-state index contributed by atoms with van der Waals surface area (Å²) in [4.78, 5) is 30.6. The number of hydrogen-bond donors (Lipinski definition) is 0.